The number of carbonyl (C=O) groups is 1. The normalized spacial score (nSPS) is 10.9. The maximum atomic E-state index is 13.3. The first-order valence-electron chi connectivity index (χ1n) is 9.76. The fourth-order valence-electron chi connectivity index (χ4n) is 3.12. The van der Waals surface area contributed by atoms with E-state index in [1.165, 1.54) is 11.8 Å². The average molecular weight is 471 g/mol. The molecule has 4 rings (SSSR count). The lowest BCUT2D eigenvalue weighted by Gasteiger charge is -2.22. The first-order valence-corrected chi connectivity index (χ1v) is 12.5. The summed E-state index contributed by atoms with van der Waals surface area (Å²) in [6.07, 6.45) is 0. The summed E-state index contributed by atoms with van der Waals surface area (Å²) in [7, 11) is 1.63. The van der Waals surface area contributed by atoms with E-state index in [0.717, 1.165) is 38.7 Å². The van der Waals surface area contributed by atoms with Crippen molar-refractivity contribution in [1.29, 1.82) is 0 Å². The van der Waals surface area contributed by atoms with Crippen molar-refractivity contribution in [3.8, 4) is 16.5 Å². The largest absolute Gasteiger partial charge is 0.497 e. The van der Waals surface area contributed by atoms with Gasteiger partial charge in [0.1, 0.15) is 5.75 Å². The maximum Gasteiger partial charge on any atom is 0.237 e. The van der Waals surface area contributed by atoms with Crippen LogP contribution in [0.4, 0.5) is 5.69 Å². The molecule has 0 aliphatic carbocycles. The van der Waals surface area contributed by atoms with E-state index in [1.54, 1.807) is 29.8 Å². The van der Waals surface area contributed by atoms with Gasteiger partial charge in [-0.3, -0.25) is 4.79 Å². The second-order valence-electron chi connectivity index (χ2n) is 6.57. The minimum absolute atomic E-state index is 0.0203. The summed E-state index contributed by atoms with van der Waals surface area (Å²) in [5, 5.41) is 13.5. The van der Waals surface area contributed by atoms with Gasteiger partial charge in [0.05, 0.1) is 24.3 Å². The van der Waals surface area contributed by atoms with Crippen molar-refractivity contribution in [3.05, 3.63) is 64.2 Å². The van der Waals surface area contributed by atoms with Gasteiger partial charge in [0.15, 0.2) is 11.0 Å². The Kier molecular flexibility index (Phi) is 7.06. The molecule has 0 bridgehead atoms. The Balaban J connectivity index is 1.52. The lowest BCUT2D eigenvalue weighted by molar-refractivity contribution is -0.116. The molecule has 0 saturated carbocycles. The Morgan fingerprint density at radius 3 is 2.52 bits per heavy atom. The number of hydrogen-bond acceptors (Lipinski definition) is 7. The van der Waals surface area contributed by atoms with Gasteiger partial charge in [0.2, 0.25) is 5.91 Å². The van der Waals surface area contributed by atoms with Crippen molar-refractivity contribution in [3.63, 3.8) is 0 Å². The number of carbonyl (C=O) groups excluding carboxylic acids is 1. The number of ether oxygens (including phenoxy) is 1. The molecule has 1 amide bonds. The van der Waals surface area contributed by atoms with Gasteiger partial charge < -0.3 is 14.2 Å². The maximum absolute atomic E-state index is 13.3. The smallest absolute Gasteiger partial charge is 0.237 e. The summed E-state index contributed by atoms with van der Waals surface area (Å²) in [5.74, 6) is 1.91. The van der Waals surface area contributed by atoms with E-state index in [-0.39, 0.29) is 11.7 Å². The zero-order valence-corrected chi connectivity index (χ0v) is 19.7. The number of nitrogens with zero attached hydrogens (tertiary/aromatic N) is 4. The zero-order valence-electron chi connectivity index (χ0n) is 17.2. The van der Waals surface area contributed by atoms with Crippen molar-refractivity contribution in [2.75, 3.05) is 17.8 Å². The number of hydrogen-bond donors (Lipinski definition) is 0. The molecule has 0 spiro atoms. The van der Waals surface area contributed by atoms with Crippen LogP contribution in [0.3, 0.4) is 0 Å². The molecule has 0 radical (unpaired) electrons. The molecule has 0 saturated heterocycles. The van der Waals surface area contributed by atoms with Gasteiger partial charge in [-0.1, -0.05) is 23.9 Å². The number of benzene rings is 1. The third kappa shape index (κ3) is 5.00. The molecule has 0 fully saturated rings. The van der Waals surface area contributed by atoms with E-state index < -0.39 is 0 Å². The molecule has 9 heteroatoms. The first kappa shape index (κ1) is 21.6. The number of thioether (sulfide) groups is 1. The van der Waals surface area contributed by atoms with E-state index in [0.29, 0.717) is 6.54 Å². The van der Waals surface area contributed by atoms with Gasteiger partial charge >= 0.3 is 0 Å². The van der Waals surface area contributed by atoms with Crippen molar-refractivity contribution in [2.24, 2.45) is 0 Å². The van der Waals surface area contributed by atoms with Crippen LogP contribution >= 0.6 is 34.4 Å². The van der Waals surface area contributed by atoms with Gasteiger partial charge in [-0.25, -0.2) is 0 Å². The third-order valence-corrected chi connectivity index (χ3v) is 7.36. The number of aromatic nitrogens is 3. The summed E-state index contributed by atoms with van der Waals surface area (Å²) >= 11 is 4.70. The second-order valence-corrected chi connectivity index (χ2v) is 9.50. The van der Waals surface area contributed by atoms with Crippen LogP contribution in [-0.2, 0) is 17.9 Å². The number of thiophene rings is 2. The molecule has 160 valence electrons. The average Bonchev–Trinajstić information content (AvgIpc) is 3.57. The van der Waals surface area contributed by atoms with Gasteiger partial charge in [-0.05, 0) is 54.1 Å². The molecule has 6 nitrogen and oxygen atoms in total. The lowest BCUT2D eigenvalue weighted by Crippen LogP contribution is -2.31. The summed E-state index contributed by atoms with van der Waals surface area (Å²) in [6.45, 7) is 3.34. The van der Waals surface area contributed by atoms with Crippen LogP contribution in [0, 0.1) is 0 Å². The number of amides is 1. The molecule has 0 atom stereocenters. The highest BCUT2D eigenvalue weighted by molar-refractivity contribution is 7.99. The predicted molar refractivity (Wildman–Crippen MR) is 128 cm³/mol. The highest BCUT2D eigenvalue weighted by Gasteiger charge is 2.20. The van der Waals surface area contributed by atoms with Crippen LogP contribution in [0.2, 0.25) is 0 Å². The summed E-state index contributed by atoms with van der Waals surface area (Å²) in [6, 6.07) is 15.7. The molecule has 4 aromatic rings. The minimum atomic E-state index is 0.0203. The van der Waals surface area contributed by atoms with E-state index in [4.69, 9.17) is 4.74 Å². The van der Waals surface area contributed by atoms with Crippen LogP contribution in [0.1, 0.15) is 11.8 Å². The topological polar surface area (TPSA) is 60.2 Å². The molecular weight excluding hydrogens is 448 g/mol. The molecule has 0 aliphatic heterocycles. The van der Waals surface area contributed by atoms with Crippen LogP contribution in [-0.4, -0.2) is 33.5 Å². The van der Waals surface area contributed by atoms with Crippen molar-refractivity contribution in [1.82, 2.24) is 14.8 Å². The highest BCUT2D eigenvalue weighted by Crippen LogP contribution is 2.28. The molecule has 3 aromatic heterocycles. The van der Waals surface area contributed by atoms with E-state index >= 15 is 0 Å². The zero-order chi connectivity index (χ0) is 21.6. The fourth-order valence-corrected chi connectivity index (χ4v) is 5.41. The number of anilines is 1. The minimum Gasteiger partial charge on any atom is -0.497 e. The molecule has 3 heterocycles. The van der Waals surface area contributed by atoms with E-state index in [1.807, 2.05) is 64.2 Å². The summed E-state index contributed by atoms with van der Waals surface area (Å²) in [5.41, 5.74) is 0.844. The highest BCUT2D eigenvalue weighted by atomic mass is 32.2. The van der Waals surface area contributed by atoms with Gasteiger partial charge in [0.25, 0.3) is 0 Å². The van der Waals surface area contributed by atoms with Crippen molar-refractivity contribution < 1.29 is 9.53 Å². The van der Waals surface area contributed by atoms with E-state index in [2.05, 4.69) is 21.7 Å². The summed E-state index contributed by atoms with van der Waals surface area (Å²) in [4.78, 5) is 17.3. The molecule has 0 unspecified atom stereocenters. The Hall–Kier alpha value is -2.62. The third-order valence-electron chi connectivity index (χ3n) is 4.68. The number of methoxy groups -OCH3 is 1. The van der Waals surface area contributed by atoms with Gasteiger partial charge in [0, 0.05) is 17.1 Å². The molecule has 0 aliphatic rings. The van der Waals surface area contributed by atoms with Crippen LogP contribution in [0.15, 0.2) is 64.4 Å². The second kappa shape index (κ2) is 10.1. The SMILES string of the molecule is CCn1c(SCC(=O)N(Cc2cccs2)c2ccc(OC)cc2)nnc1-c1cccs1. The van der Waals surface area contributed by atoms with E-state index in [9.17, 15) is 4.79 Å². The fraction of sp³-hybridized carbons (Fsp3) is 0.227. The monoisotopic (exact) mass is 470 g/mol. The van der Waals surface area contributed by atoms with Crippen molar-refractivity contribution in [2.45, 2.75) is 25.2 Å². The standard InChI is InChI=1S/C22H22N4O2S3/c1-3-25-21(19-7-5-13-30-19)23-24-22(25)31-15-20(27)26(14-18-6-4-12-29-18)16-8-10-17(28-2)11-9-16/h4-13H,3,14-15H2,1-2H3. The molecule has 1 aromatic carbocycles. The Labute approximate surface area is 193 Å². The Morgan fingerprint density at radius 2 is 1.87 bits per heavy atom. The molecular formula is C22H22N4O2S3. The lowest BCUT2D eigenvalue weighted by atomic mass is 10.2. The van der Waals surface area contributed by atoms with Crippen LogP contribution in [0.25, 0.3) is 10.7 Å². The molecule has 31 heavy (non-hydrogen) atoms. The van der Waals surface area contributed by atoms with Crippen LogP contribution in [0.5, 0.6) is 5.75 Å². The van der Waals surface area contributed by atoms with Gasteiger partial charge in [-0.2, -0.15) is 0 Å². The van der Waals surface area contributed by atoms with Crippen LogP contribution < -0.4 is 9.64 Å². The predicted octanol–water partition coefficient (Wildman–Crippen LogP) is 5.42. The number of rotatable bonds is 9. The van der Waals surface area contributed by atoms with Gasteiger partial charge in [-0.15, -0.1) is 32.9 Å². The Bertz CT molecular complexity index is 1110. The first-order chi connectivity index (χ1) is 15.2. The van der Waals surface area contributed by atoms with Crippen molar-refractivity contribution >= 4 is 46.0 Å². The summed E-state index contributed by atoms with van der Waals surface area (Å²) < 4.78 is 7.31. The molecule has 0 N–H and O–H groups in total. The Morgan fingerprint density at radius 1 is 1.10 bits per heavy atom. The quantitative estimate of drug-likeness (QED) is 0.306.